The third-order valence-corrected chi connectivity index (χ3v) is 4.67. The van der Waals surface area contributed by atoms with Crippen LogP contribution < -0.4 is 4.90 Å². The van der Waals surface area contributed by atoms with E-state index >= 15 is 0 Å². The van der Waals surface area contributed by atoms with Crippen molar-refractivity contribution in [1.29, 1.82) is 0 Å². The van der Waals surface area contributed by atoms with E-state index in [4.69, 9.17) is 4.74 Å². The van der Waals surface area contributed by atoms with Crippen molar-refractivity contribution in [3.8, 4) is 0 Å². The average molecular weight is 414 g/mol. The first-order valence-corrected chi connectivity index (χ1v) is 9.42. The fourth-order valence-electron chi connectivity index (χ4n) is 2.46. The van der Waals surface area contributed by atoms with Gasteiger partial charge in [-0.25, -0.2) is 18.6 Å². The predicted molar refractivity (Wildman–Crippen MR) is 107 cm³/mol. The van der Waals surface area contributed by atoms with Crippen LogP contribution in [0.2, 0.25) is 0 Å². The monoisotopic (exact) mass is 414 g/mol. The van der Waals surface area contributed by atoms with E-state index in [1.807, 2.05) is 0 Å². The minimum atomic E-state index is -0.666. The highest BCUT2D eigenvalue weighted by atomic mass is 32.1. The predicted octanol–water partition coefficient (Wildman–Crippen LogP) is 4.86. The summed E-state index contributed by atoms with van der Waals surface area (Å²) >= 11 is 1.13. The third-order valence-electron chi connectivity index (χ3n) is 3.83. The lowest BCUT2D eigenvalue weighted by Crippen LogP contribution is -2.23. The van der Waals surface area contributed by atoms with Gasteiger partial charge in [-0.15, -0.1) is 11.3 Å². The molecule has 0 saturated heterocycles. The largest absolute Gasteiger partial charge is 0.458 e. The van der Waals surface area contributed by atoms with Crippen molar-refractivity contribution in [3.63, 3.8) is 0 Å². The van der Waals surface area contributed by atoms with Gasteiger partial charge < -0.3 is 4.74 Å². The first-order chi connectivity index (χ1) is 14.0. The van der Waals surface area contributed by atoms with Gasteiger partial charge in [0.25, 0.3) is 0 Å². The number of rotatable bonds is 6. The number of para-hydroxylation sites is 1. The second-order valence-corrected chi connectivity index (χ2v) is 6.73. The van der Waals surface area contributed by atoms with Crippen LogP contribution in [0.4, 0.5) is 19.6 Å². The molecule has 0 atom stereocenters. The number of amides is 1. The highest BCUT2D eigenvalue weighted by Crippen LogP contribution is 2.30. The van der Waals surface area contributed by atoms with Gasteiger partial charge in [0.2, 0.25) is 5.91 Å². The maximum Gasteiger partial charge on any atom is 0.331 e. The van der Waals surface area contributed by atoms with Gasteiger partial charge in [0.1, 0.15) is 18.2 Å². The van der Waals surface area contributed by atoms with Gasteiger partial charge in [0, 0.05) is 23.9 Å². The summed E-state index contributed by atoms with van der Waals surface area (Å²) in [6.07, 6.45) is 2.56. The van der Waals surface area contributed by atoms with Crippen LogP contribution in [-0.2, 0) is 20.9 Å². The van der Waals surface area contributed by atoms with Crippen molar-refractivity contribution in [3.05, 3.63) is 82.9 Å². The van der Waals surface area contributed by atoms with Crippen LogP contribution in [-0.4, -0.2) is 16.9 Å². The molecule has 0 N–H and O–H groups in total. The van der Waals surface area contributed by atoms with Crippen LogP contribution in [0.3, 0.4) is 0 Å². The fraction of sp³-hybridized carbons (Fsp3) is 0.0952. The van der Waals surface area contributed by atoms with E-state index in [2.05, 4.69) is 4.98 Å². The Balaban J connectivity index is 1.69. The van der Waals surface area contributed by atoms with E-state index < -0.39 is 23.5 Å². The van der Waals surface area contributed by atoms with Crippen molar-refractivity contribution < 1.29 is 23.1 Å². The molecule has 3 rings (SSSR count). The quantitative estimate of drug-likeness (QED) is 0.427. The molecule has 0 radical (unpaired) electrons. The number of hydrogen-bond acceptors (Lipinski definition) is 5. The molecule has 148 valence electrons. The molecule has 1 aromatic heterocycles. The number of carbonyl (C=O) groups excluding carboxylic acids is 2. The van der Waals surface area contributed by atoms with Gasteiger partial charge in [-0.05, 0) is 24.3 Å². The lowest BCUT2D eigenvalue weighted by molar-refractivity contribution is -0.139. The topological polar surface area (TPSA) is 59.5 Å². The Kier molecular flexibility index (Phi) is 6.46. The number of nitrogens with zero attached hydrogens (tertiary/aromatic N) is 2. The Morgan fingerprint density at radius 2 is 1.79 bits per heavy atom. The molecule has 0 fully saturated rings. The second kappa shape index (κ2) is 9.20. The lowest BCUT2D eigenvalue weighted by Gasteiger charge is -2.18. The van der Waals surface area contributed by atoms with E-state index in [1.165, 1.54) is 43.3 Å². The minimum absolute atomic E-state index is 0.0918. The Morgan fingerprint density at radius 3 is 2.48 bits per heavy atom. The number of esters is 1. The SMILES string of the molecule is CC(=O)N(c1nc(/C=C/C(=O)OCc2ccccc2F)cs1)c1ccccc1F. The smallest absolute Gasteiger partial charge is 0.331 e. The molecular formula is C21H16F2N2O3S. The van der Waals surface area contributed by atoms with Crippen LogP contribution in [0, 0.1) is 11.6 Å². The maximum absolute atomic E-state index is 14.1. The van der Waals surface area contributed by atoms with Gasteiger partial charge >= 0.3 is 5.97 Å². The number of halogens is 2. The molecule has 0 aliphatic rings. The first-order valence-electron chi connectivity index (χ1n) is 8.54. The van der Waals surface area contributed by atoms with Crippen molar-refractivity contribution >= 4 is 40.1 Å². The van der Waals surface area contributed by atoms with E-state index in [1.54, 1.807) is 23.6 Å². The minimum Gasteiger partial charge on any atom is -0.458 e. The summed E-state index contributed by atoms with van der Waals surface area (Å²) in [6.45, 7) is 1.12. The van der Waals surface area contributed by atoms with Crippen LogP contribution in [0.15, 0.2) is 60.0 Å². The molecule has 0 unspecified atom stereocenters. The average Bonchev–Trinajstić information content (AvgIpc) is 3.15. The molecule has 8 heteroatoms. The summed E-state index contributed by atoms with van der Waals surface area (Å²) in [5.74, 6) is -2.07. The second-order valence-electron chi connectivity index (χ2n) is 5.89. The van der Waals surface area contributed by atoms with Gasteiger partial charge in [0.15, 0.2) is 5.13 Å². The summed E-state index contributed by atoms with van der Waals surface area (Å²) < 4.78 is 32.6. The van der Waals surface area contributed by atoms with Crippen molar-refractivity contribution in [2.24, 2.45) is 0 Å². The number of anilines is 2. The summed E-state index contributed by atoms with van der Waals surface area (Å²) in [6, 6.07) is 11.9. The van der Waals surface area contributed by atoms with E-state index in [9.17, 15) is 18.4 Å². The van der Waals surface area contributed by atoms with Crippen molar-refractivity contribution in [2.75, 3.05) is 4.90 Å². The van der Waals surface area contributed by atoms with Gasteiger partial charge in [-0.2, -0.15) is 0 Å². The molecule has 0 saturated carbocycles. The number of aromatic nitrogens is 1. The van der Waals surface area contributed by atoms with Crippen LogP contribution in [0.25, 0.3) is 6.08 Å². The Morgan fingerprint density at radius 1 is 1.10 bits per heavy atom. The Hall–Kier alpha value is -3.39. The van der Waals surface area contributed by atoms with E-state index in [-0.39, 0.29) is 23.0 Å². The van der Waals surface area contributed by atoms with Crippen LogP contribution in [0.5, 0.6) is 0 Å². The molecule has 2 aromatic carbocycles. The molecule has 1 heterocycles. The number of ether oxygens (including phenoxy) is 1. The standard InChI is InChI=1S/C21H16F2N2O3S/c1-14(26)25(19-9-5-4-8-18(19)23)21-24-16(13-29-21)10-11-20(27)28-12-15-6-2-3-7-17(15)22/h2-11,13H,12H2,1H3/b11-10+. The van der Waals surface area contributed by atoms with Gasteiger partial charge in [0.05, 0.1) is 11.4 Å². The Bertz CT molecular complexity index is 1070. The molecule has 0 aliphatic heterocycles. The highest BCUT2D eigenvalue weighted by molar-refractivity contribution is 7.14. The first kappa shape index (κ1) is 20.3. The number of hydrogen-bond donors (Lipinski definition) is 0. The number of carbonyl (C=O) groups is 2. The third kappa shape index (κ3) is 5.11. The summed E-state index contributed by atoms with van der Waals surface area (Å²) in [5.41, 5.74) is 0.761. The molecule has 0 aliphatic carbocycles. The summed E-state index contributed by atoms with van der Waals surface area (Å²) in [5, 5.41) is 1.88. The molecular weight excluding hydrogens is 398 g/mol. The van der Waals surface area contributed by atoms with Gasteiger partial charge in [-0.1, -0.05) is 30.3 Å². The van der Waals surface area contributed by atoms with Crippen molar-refractivity contribution in [2.45, 2.75) is 13.5 Å². The van der Waals surface area contributed by atoms with Crippen LogP contribution >= 0.6 is 11.3 Å². The highest BCUT2D eigenvalue weighted by Gasteiger charge is 2.20. The Labute approximate surface area is 169 Å². The number of thiazole rings is 1. The van der Waals surface area contributed by atoms with E-state index in [0.29, 0.717) is 5.69 Å². The zero-order valence-corrected chi connectivity index (χ0v) is 16.2. The van der Waals surface area contributed by atoms with E-state index in [0.717, 1.165) is 22.3 Å². The molecule has 5 nitrogen and oxygen atoms in total. The molecule has 0 spiro atoms. The van der Waals surface area contributed by atoms with Crippen LogP contribution in [0.1, 0.15) is 18.2 Å². The zero-order valence-electron chi connectivity index (χ0n) is 15.3. The summed E-state index contributed by atoms with van der Waals surface area (Å²) in [4.78, 5) is 29.3. The fourth-order valence-corrected chi connectivity index (χ4v) is 3.31. The molecule has 3 aromatic rings. The number of benzene rings is 2. The normalized spacial score (nSPS) is 10.9. The molecule has 1 amide bonds. The summed E-state index contributed by atoms with van der Waals surface area (Å²) in [7, 11) is 0. The molecule has 29 heavy (non-hydrogen) atoms. The maximum atomic E-state index is 14.1. The zero-order chi connectivity index (χ0) is 20.8. The lowest BCUT2D eigenvalue weighted by atomic mass is 10.2. The van der Waals surface area contributed by atoms with Crippen molar-refractivity contribution in [1.82, 2.24) is 4.98 Å². The van der Waals surface area contributed by atoms with Gasteiger partial charge in [-0.3, -0.25) is 9.69 Å². The molecule has 0 bridgehead atoms.